The third kappa shape index (κ3) is 8.73. The van der Waals surface area contributed by atoms with E-state index in [1.165, 1.54) is 0 Å². The molecule has 3 N–H and O–H groups in total. The lowest BCUT2D eigenvalue weighted by atomic mass is 10.3. The molecule has 0 aliphatic rings. The molecule has 90 valence electrons. The molecule has 0 amide bonds. The molecular formula is C6H14N2O4S3. The van der Waals surface area contributed by atoms with E-state index in [1.54, 1.807) is 6.92 Å². The normalized spacial score (nSPS) is 14.8. The highest BCUT2D eigenvalue weighted by atomic mass is 32.3. The molecule has 0 saturated carbocycles. The Hall–Kier alpha value is -0.250. The molecule has 0 spiro atoms. The van der Waals surface area contributed by atoms with Crippen LogP contribution in [0.25, 0.3) is 0 Å². The van der Waals surface area contributed by atoms with Crippen molar-refractivity contribution in [3.05, 3.63) is 0 Å². The Kier molecular flexibility index (Phi) is 5.10. The van der Waals surface area contributed by atoms with Gasteiger partial charge in [0.2, 0.25) is 10.0 Å². The highest BCUT2D eigenvalue weighted by molar-refractivity contribution is 8.06. The average Bonchev–Trinajstić information content (AvgIpc) is 1.73. The maximum Gasteiger partial charge on any atom is 0.226 e. The van der Waals surface area contributed by atoms with Gasteiger partial charge in [-0.15, -0.1) is 0 Å². The fourth-order valence-electron chi connectivity index (χ4n) is 0.966. The lowest BCUT2D eigenvalue weighted by molar-refractivity contribution is 0.566. The van der Waals surface area contributed by atoms with E-state index in [2.05, 4.69) is 16.9 Å². The lowest BCUT2D eigenvalue weighted by Gasteiger charge is -2.12. The highest BCUT2D eigenvalue weighted by Crippen LogP contribution is 1.98. The van der Waals surface area contributed by atoms with Crippen molar-refractivity contribution in [2.75, 3.05) is 11.3 Å². The monoisotopic (exact) mass is 274 g/mol. The van der Waals surface area contributed by atoms with E-state index in [9.17, 15) is 16.8 Å². The van der Waals surface area contributed by atoms with E-state index in [-0.39, 0.29) is 11.4 Å². The van der Waals surface area contributed by atoms with Crippen molar-refractivity contribution in [1.82, 2.24) is 4.72 Å². The second kappa shape index (κ2) is 5.19. The van der Waals surface area contributed by atoms with Gasteiger partial charge in [0, 0.05) is 18.7 Å². The first-order chi connectivity index (χ1) is 6.52. The molecule has 1 unspecified atom stereocenters. The smallest absolute Gasteiger partial charge is 0.226 e. The number of thiocarbonyl (C=S) groups is 1. The largest absolute Gasteiger partial charge is 0.393 e. The first-order valence-corrected chi connectivity index (χ1v) is 8.10. The predicted octanol–water partition coefficient (Wildman–Crippen LogP) is -1.03. The standard InChI is InChI=1S/C6H14N2O4S3/c1-5(3-6(7)13)8-15(11,12)4-14(2,9)10/h5,8H,3-4H2,1-2H3,(H2,7,13). The maximum absolute atomic E-state index is 11.3. The molecule has 15 heavy (non-hydrogen) atoms. The topological polar surface area (TPSA) is 106 Å². The van der Waals surface area contributed by atoms with Crippen LogP contribution in [0.1, 0.15) is 13.3 Å². The van der Waals surface area contributed by atoms with Gasteiger partial charge < -0.3 is 5.73 Å². The van der Waals surface area contributed by atoms with E-state index >= 15 is 0 Å². The Morgan fingerprint density at radius 3 is 2.20 bits per heavy atom. The van der Waals surface area contributed by atoms with Crippen LogP contribution in [0.5, 0.6) is 0 Å². The van der Waals surface area contributed by atoms with E-state index in [0.29, 0.717) is 0 Å². The quantitative estimate of drug-likeness (QED) is 0.600. The van der Waals surface area contributed by atoms with E-state index in [0.717, 1.165) is 6.26 Å². The minimum absolute atomic E-state index is 0.171. The summed E-state index contributed by atoms with van der Waals surface area (Å²) in [7, 11) is -7.41. The second-order valence-electron chi connectivity index (χ2n) is 3.35. The summed E-state index contributed by atoms with van der Waals surface area (Å²) in [6.07, 6.45) is 1.04. The Morgan fingerprint density at radius 1 is 1.40 bits per heavy atom. The first-order valence-electron chi connectivity index (χ1n) is 3.98. The maximum atomic E-state index is 11.3. The Balaban J connectivity index is 4.46. The Bertz CT molecular complexity index is 425. The molecule has 0 aromatic heterocycles. The number of sulfone groups is 1. The number of nitrogens with two attached hydrogens (primary N) is 1. The van der Waals surface area contributed by atoms with Gasteiger partial charge in [0.1, 0.15) is 0 Å². The van der Waals surface area contributed by atoms with Crippen molar-refractivity contribution in [3.63, 3.8) is 0 Å². The number of hydrogen-bond donors (Lipinski definition) is 2. The number of rotatable bonds is 6. The molecule has 0 heterocycles. The Labute approximate surface area is 95.2 Å². The minimum atomic E-state index is -3.84. The van der Waals surface area contributed by atoms with Gasteiger partial charge in [0.25, 0.3) is 0 Å². The van der Waals surface area contributed by atoms with Crippen LogP contribution in [-0.2, 0) is 19.9 Å². The molecule has 0 aromatic carbocycles. The van der Waals surface area contributed by atoms with Crippen LogP contribution in [0.2, 0.25) is 0 Å². The first kappa shape index (κ1) is 14.8. The van der Waals surface area contributed by atoms with Gasteiger partial charge in [-0.05, 0) is 6.92 Å². The van der Waals surface area contributed by atoms with Crippen molar-refractivity contribution in [1.29, 1.82) is 0 Å². The highest BCUT2D eigenvalue weighted by Gasteiger charge is 2.20. The molecule has 0 fully saturated rings. The fraction of sp³-hybridized carbons (Fsp3) is 0.833. The molecule has 0 aromatic rings. The van der Waals surface area contributed by atoms with Gasteiger partial charge in [0.15, 0.2) is 14.9 Å². The molecule has 0 aliphatic carbocycles. The van der Waals surface area contributed by atoms with Crippen LogP contribution in [0.3, 0.4) is 0 Å². The average molecular weight is 274 g/mol. The van der Waals surface area contributed by atoms with Gasteiger partial charge in [-0.25, -0.2) is 21.6 Å². The van der Waals surface area contributed by atoms with Crippen molar-refractivity contribution in [2.45, 2.75) is 19.4 Å². The molecular weight excluding hydrogens is 260 g/mol. The number of hydrogen-bond acceptors (Lipinski definition) is 5. The SMILES string of the molecule is CC(CC(N)=S)NS(=O)(=O)CS(C)(=O)=O. The summed E-state index contributed by atoms with van der Waals surface area (Å²) in [5.74, 6) is 0. The van der Waals surface area contributed by atoms with Crippen molar-refractivity contribution in [3.8, 4) is 0 Å². The molecule has 0 bridgehead atoms. The third-order valence-electron chi connectivity index (χ3n) is 1.26. The summed E-state index contributed by atoms with van der Waals surface area (Å²) >= 11 is 4.60. The van der Waals surface area contributed by atoms with E-state index in [4.69, 9.17) is 5.73 Å². The van der Waals surface area contributed by atoms with E-state index in [1.807, 2.05) is 0 Å². The Morgan fingerprint density at radius 2 is 1.87 bits per heavy atom. The predicted molar refractivity (Wildman–Crippen MR) is 62.6 cm³/mol. The van der Waals surface area contributed by atoms with E-state index < -0.39 is 31.0 Å². The van der Waals surface area contributed by atoms with Gasteiger partial charge in [-0.2, -0.15) is 0 Å². The number of nitrogens with one attached hydrogen (secondary N) is 1. The van der Waals surface area contributed by atoms with Crippen LogP contribution in [0, 0.1) is 0 Å². The van der Waals surface area contributed by atoms with Crippen LogP contribution in [-0.4, -0.2) is 39.2 Å². The molecule has 9 heteroatoms. The van der Waals surface area contributed by atoms with Gasteiger partial charge >= 0.3 is 0 Å². The fourth-order valence-corrected chi connectivity index (χ4v) is 4.44. The zero-order chi connectivity index (χ0) is 12.3. The summed E-state index contributed by atoms with van der Waals surface area (Å²) in [6.45, 7) is 1.55. The van der Waals surface area contributed by atoms with Crippen LogP contribution in [0.15, 0.2) is 0 Å². The van der Waals surface area contributed by atoms with Gasteiger partial charge in [-0.1, -0.05) is 12.2 Å². The zero-order valence-corrected chi connectivity index (χ0v) is 10.9. The van der Waals surface area contributed by atoms with Crippen LogP contribution >= 0.6 is 12.2 Å². The third-order valence-corrected chi connectivity index (χ3v) is 5.14. The van der Waals surface area contributed by atoms with Gasteiger partial charge in [-0.3, -0.25) is 0 Å². The van der Waals surface area contributed by atoms with Crippen LogP contribution < -0.4 is 10.5 Å². The lowest BCUT2D eigenvalue weighted by Crippen LogP contribution is -2.38. The summed E-state index contributed by atoms with van der Waals surface area (Å²) in [5.41, 5.74) is 5.22. The summed E-state index contributed by atoms with van der Waals surface area (Å²) in [5, 5.41) is -0.929. The van der Waals surface area contributed by atoms with Crippen molar-refractivity contribution in [2.24, 2.45) is 5.73 Å². The molecule has 0 radical (unpaired) electrons. The molecule has 1 atom stereocenters. The molecule has 0 saturated heterocycles. The van der Waals surface area contributed by atoms with Crippen LogP contribution in [0.4, 0.5) is 0 Å². The van der Waals surface area contributed by atoms with Crippen molar-refractivity contribution < 1.29 is 16.8 Å². The van der Waals surface area contributed by atoms with Crippen molar-refractivity contribution >= 4 is 37.1 Å². The number of sulfonamides is 1. The summed E-state index contributed by atoms with van der Waals surface area (Å²) < 4.78 is 46.3. The molecule has 0 rings (SSSR count). The zero-order valence-electron chi connectivity index (χ0n) is 8.43. The minimum Gasteiger partial charge on any atom is -0.393 e. The molecule has 0 aliphatic heterocycles. The summed E-state index contributed by atoms with van der Waals surface area (Å²) in [4.78, 5) is 0.171. The van der Waals surface area contributed by atoms with Gasteiger partial charge in [0.05, 0.1) is 4.99 Å². The molecule has 6 nitrogen and oxygen atoms in total. The summed E-state index contributed by atoms with van der Waals surface area (Å²) in [6, 6.07) is -0.505. The second-order valence-corrected chi connectivity index (χ2v) is 8.13.